The molecular weight excluding hydrogens is 544 g/mol. The summed E-state index contributed by atoms with van der Waals surface area (Å²) in [6, 6.07) is 29.2. The van der Waals surface area contributed by atoms with Gasteiger partial charge in [-0.25, -0.2) is 0 Å². The van der Waals surface area contributed by atoms with Crippen LogP contribution in [0.2, 0.25) is 0 Å². The first kappa shape index (κ1) is 28.2. The summed E-state index contributed by atoms with van der Waals surface area (Å²) < 4.78 is 18.4. The quantitative estimate of drug-likeness (QED) is 0.208. The molecule has 0 fully saturated rings. The summed E-state index contributed by atoms with van der Waals surface area (Å²) in [4.78, 5) is 0. The van der Waals surface area contributed by atoms with E-state index in [0.717, 1.165) is 90.9 Å². The van der Waals surface area contributed by atoms with Gasteiger partial charge in [0.25, 0.3) is 0 Å². The van der Waals surface area contributed by atoms with E-state index in [1.165, 1.54) is 0 Å². The molecular formula is C40H38O4. The zero-order chi connectivity index (χ0) is 30.6. The molecule has 5 aromatic rings. The van der Waals surface area contributed by atoms with Crippen LogP contribution in [0.4, 0.5) is 0 Å². The van der Waals surface area contributed by atoms with Gasteiger partial charge in [0.2, 0.25) is 0 Å². The zero-order valence-corrected chi connectivity index (χ0v) is 26.0. The second-order valence-electron chi connectivity index (χ2n) is 12.2. The lowest BCUT2D eigenvalue weighted by atomic mass is 9.78. The number of ether oxygens (including phenoxy) is 3. The number of benzene rings is 5. The lowest BCUT2D eigenvalue weighted by molar-refractivity contribution is 0.0720. The van der Waals surface area contributed by atoms with Crippen LogP contribution in [-0.2, 0) is 11.2 Å². The minimum atomic E-state index is -1.12. The van der Waals surface area contributed by atoms with Crippen molar-refractivity contribution >= 4 is 16.8 Å². The van der Waals surface area contributed by atoms with Crippen molar-refractivity contribution in [3.05, 3.63) is 130 Å². The molecule has 0 saturated carbocycles. The number of aliphatic hydroxyl groups is 1. The summed E-state index contributed by atoms with van der Waals surface area (Å²) in [5.41, 5.74) is 7.33. The molecule has 7 rings (SSSR count). The number of rotatable bonds is 7. The summed E-state index contributed by atoms with van der Waals surface area (Å²) in [6.45, 7) is 6.39. The molecule has 0 spiro atoms. The molecule has 5 aromatic carbocycles. The molecule has 0 saturated heterocycles. The minimum absolute atomic E-state index is 0.646. The van der Waals surface area contributed by atoms with Crippen LogP contribution in [0.5, 0.6) is 17.2 Å². The van der Waals surface area contributed by atoms with Gasteiger partial charge >= 0.3 is 0 Å². The lowest BCUT2D eigenvalue weighted by Gasteiger charge is -2.38. The Hall–Kier alpha value is -4.54. The van der Waals surface area contributed by atoms with Crippen molar-refractivity contribution in [1.29, 1.82) is 0 Å². The van der Waals surface area contributed by atoms with Gasteiger partial charge in [-0.2, -0.15) is 0 Å². The van der Waals surface area contributed by atoms with Crippen LogP contribution in [0.1, 0.15) is 65.1 Å². The predicted molar refractivity (Wildman–Crippen MR) is 178 cm³/mol. The van der Waals surface area contributed by atoms with Crippen LogP contribution in [0, 0.1) is 13.8 Å². The third kappa shape index (κ3) is 4.16. The van der Waals surface area contributed by atoms with Crippen LogP contribution < -0.4 is 14.2 Å². The summed E-state index contributed by atoms with van der Waals surface area (Å²) in [6.07, 6.45) is 6.89. The van der Waals surface area contributed by atoms with Gasteiger partial charge in [0.1, 0.15) is 22.8 Å². The van der Waals surface area contributed by atoms with Crippen molar-refractivity contribution in [3.8, 4) is 28.4 Å². The van der Waals surface area contributed by atoms with Crippen molar-refractivity contribution in [1.82, 2.24) is 0 Å². The average Bonchev–Trinajstić information content (AvgIpc) is 3.31. The predicted octanol–water partition coefficient (Wildman–Crippen LogP) is 9.23. The maximum atomic E-state index is 12.8. The van der Waals surface area contributed by atoms with Crippen LogP contribution in [0.3, 0.4) is 0 Å². The highest BCUT2D eigenvalue weighted by molar-refractivity contribution is 6.08. The topological polar surface area (TPSA) is 47.9 Å². The van der Waals surface area contributed by atoms with Gasteiger partial charge in [-0.3, -0.25) is 0 Å². The van der Waals surface area contributed by atoms with Crippen molar-refractivity contribution < 1.29 is 19.3 Å². The molecule has 0 radical (unpaired) electrons. The average molecular weight is 583 g/mol. The van der Waals surface area contributed by atoms with Gasteiger partial charge in [-0.05, 0) is 78.8 Å². The highest BCUT2D eigenvalue weighted by Gasteiger charge is 2.47. The Morgan fingerprint density at radius 1 is 0.750 bits per heavy atom. The van der Waals surface area contributed by atoms with E-state index in [2.05, 4.69) is 93.6 Å². The molecule has 0 aromatic heterocycles. The van der Waals surface area contributed by atoms with E-state index in [1.54, 1.807) is 14.2 Å². The summed E-state index contributed by atoms with van der Waals surface area (Å²) in [5.74, 6) is 2.36. The summed E-state index contributed by atoms with van der Waals surface area (Å²) >= 11 is 0. The van der Waals surface area contributed by atoms with Crippen molar-refractivity contribution in [2.24, 2.45) is 0 Å². The molecule has 1 aliphatic heterocycles. The van der Waals surface area contributed by atoms with E-state index in [4.69, 9.17) is 14.2 Å². The minimum Gasteiger partial charge on any atom is -0.497 e. The largest absolute Gasteiger partial charge is 0.497 e. The van der Waals surface area contributed by atoms with Gasteiger partial charge in [0, 0.05) is 27.6 Å². The summed E-state index contributed by atoms with van der Waals surface area (Å²) in [5, 5.41) is 14.9. The number of methoxy groups -OCH3 is 2. The first-order valence-electron chi connectivity index (χ1n) is 15.4. The third-order valence-corrected chi connectivity index (χ3v) is 9.43. The maximum absolute atomic E-state index is 12.8. The molecule has 1 atom stereocenters. The molecule has 1 N–H and O–H groups in total. The highest BCUT2D eigenvalue weighted by Crippen LogP contribution is 2.59. The number of fused-ring (bicyclic) bond motifs is 8. The highest BCUT2D eigenvalue weighted by atomic mass is 16.5. The summed E-state index contributed by atoms with van der Waals surface area (Å²) in [7, 11) is 3.35. The van der Waals surface area contributed by atoms with Crippen molar-refractivity contribution in [2.75, 3.05) is 14.2 Å². The second-order valence-corrected chi connectivity index (χ2v) is 12.2. The standard InChI is InChI=1S/C40H38O4/c1-6-7-21-39(41)35-24-26(3)9-19-32(35)36-31-18-8-25(2)23-34(31)38-33(37(36)39)20-22-40(44-38,27-10-14-29(42-4)15-11-27)28-12-16-30(43-5)17-13-28/h8-20,22-24,41H,6-7,21H2,1-5H3. The Morgan fingerprint density at radius 2 is 1.36 bits per heavy atom. The van der Waals surface area contributed by atoms with Gasteiger partial charge < -0.3 is 19.3 Å². The van der Waals surface area contributed by atoms with E-state index in [0.29, 0.717) is 6.42 Å². The van der Waals surface area contributed by atoms with Crippen molar-refractivity contribution in [2.45, 2.75) is 51.2 Å². The first-order valence-corrected chi connectivity index (χ1v) is 15.4. The fourth-order valence-corrected chi connectivity index (χ4v) is 7.17. The Morgan fingerprint density at radius 3 is 1.98 bits per heavy atom. The molecule has 44 heavy (non-hydrogen) atoms. The van der Waals surface area contributed by atoms with Crippen LogP contribution in [-0.4, -0.2) is 19.3 Å². The van der Waals surface area contributed by atoms with Gasteiger partial charge in [-0.1, -0.05) is 91.6 Å². The Bertz CT molecular complexity index is 1870. The monoisotopic (exact) mass is 582 g/mol. The molecule has 1 unspecified atom stereocenters. The molecule has 1 aliphatic carbocycles. The maximum Gasteiger partial charge on any atom is 0.178 e. The number of aryl methyl sites for hydroxylation is 2. The number of hydrogen-bond donors (Lipinski definition) is 1. The Kier molecular flexibility index (Phi) is 6.78. The molecule has 2 aliphatic rings. The fourth-order valence-electron chi connectivity index (χ4n) is 7.17. The normalized spacial score (nSPS) is 17.5. The lowest BCUT2D eigenvalue weighted by Crippen LogP contribution is -2.35. The van der Waals surface area contributed by atoms with E-state index in [-0.39, 0.29) is 0 Å². The van der Waals surface area contributed by atoms with Gasteiger partial charge in [0.05, 0.1) is 14.2 Å². The first-order chi connectivity index (χ1) is 21.3. The number of unbranched alkanes of at least 4 members (excludes halogenated alkanes) is 1. The van der Waals surface area contributed by atoms with Crippen LogP contribution in [0.15, 0.2) is 91.0 Å². The molecule has 4 heteroatoms. The number of hydrogen-bond acceptors (Lipinski definition) is 4. The fraction of sp³-hybridized carbons (Fsp3) is 0.250. The molecule has 4 nitrogen and oxygen atoms in total. The molecule has 0 amide bonds. The third-order valence-electron chi connectivity index (χ3n) is 9.43. The van der Waals surface area contributed by atoms with Gasteiger partial charge in [0.15, 0.2) is 5.60 Å². The van der Waals surface area contributed by atoms with Crippen LogP contribution >= 0.6 is 0 Å². The second kappa shape index (κ2) is 10.6. The Labute approximate surface area is 259 Å². The smallest absolute Gasteiger partial charge is 0.178 e. The van der Waals surface area contributed by atoms with Crippen molar-refractivity contribution in [3.63, 3.8) is 0 Å². The molecule has 1 heterocycles. The Balaban J connectivity index is 1.54. The SMILES string of the molecule is CCCCC1(O)c2cc(C)ccc2-c2c1c1c(c3cc(C)ccc23)OC(c2ccc(OC)cc2)(c2ccc(OC)cc2)C=C1. The van der Waals surface area contributed by atoms with Crippen LogP contribution in [0.25, 0.3) is 28.0 Å². The zero-order valence-electron chi connectivity index (χ0n) is 26.0. The van der Waals surface area contributed by atoms with E-state index < -0.39 is 11.2 Å². The molecule has 222 valence electrons. The van der Waals surface area contributed by atoms with E-state index >= 15 is 0 Å². The van der Waals surface area contributed by atoms with E-state index in [9.17, 15) is 5.11 Å². The van der Waals surface area contributed by atoms with Gasteiger partial charge in [-0.15, -0.1) is 0 Å². The molecule has 0 bridgehead atoms. The van der Waals surface area contributed by atoms with E-state index in [1.807, 2.05) is 24.3 Å².